The van der Waals surface area contributed by atoms with Crippen LogP contribution in [0.2, 0.25) is 0 Å². The van der Waals surface area contributed by atoms with E-state index in [0.717, 1.165) is 43.6 Å². The number of aliphatic carboxylic acids is 1. The molecule has 0 aliphatic carbocycles. The van der Waals surface area contributed by atoms with Gasteiger partial charge in [0, 0.05) is 18.0 Å². The molecular formula is C20H27ClN2O3. The van der Waals surface area contributed by atoms with E-state index >= 15 is 0 Å². The molecule has 5 nitrogen and oxygen atoms in total. The first kappa shape index (κ1) is 20.5. The van der Waals surface area contributed by atoms with Crippen LogP contribution in [0.1, 0.15) is 12.8 Å². The summed E-state index contributed by atoms with van der Waals surface area (Å²) in [5.41, 5.74) is 0. The third kappa shape index (κ3) is 5.34. The number of nitrogens with zero attached hydrogens (tertiary/aromatic N) is 2. The minimum absolute atomic E-state index is 0. The second-order valence-corrected chi connectivity index (χ2v) is 6.71. The number of fused-ring (bicyclic) bond motifs is 1. The number of halogens is 1. The summed E-state index contributed by atoms with van der Waals surface area (Å²) in [5.74, 6) is 0.183. The van der Waals surface area contributed by atoms with Gasteiger partial charge in [0.2, 0.25) is 0 Å². The lowest BCUT2D eigenvalue weighted by molar-refractivity contribution is -0.138. The lowest BCUT2D eigenvalue weighted by atomic mass is 10.0. The molecule has 0 saturated carbocycles. The monoisotopic (exact) mass is 378 g/mol. The largest absolute Gasteiger partial charge is 0.492 e. The second kappa shape index (κ2) is 9.76. The zero-order chi connectivity index (χ0) is 17.6. The number of carbonyl (C=O) groups is 1. The number of likely N-dealkylation sites (tertiary alicyclic amines) is 1. The predicted octanol–water partition coefficient (Wildman–Crippen LogP) is 3.12. The topological polar surface area (TPSA) is 53.0 Å². The number of ether oxygens (including phenoxy) is 1. The molecule has 0 aromatic heterocycles. The number of carboxylic acids is 1. The van der Waals surface area contributed by atoms with Crippen molar-refractivity contribution in [2.75, 3.05) is 39.8 Å². The van der Waals surface area contributed by atoms with Gasteiger partial charge in [0.05, 0.1) is 6.54 Å². The fourth-order valence-electron chi connectivity index (χ4n) is 3.53. The van der Waals surface area contributed by atoms with Gasteiger partial charge in [-0.2, -0.15) is 0 Å². The molecule has 2 aromatic rings. The Morgan fingerprint density at radius 3 is 2.62 bits per heavy atom. The molecule has 2 aromatic carbocycles. The van der Waals surface area contributed by atoms with E-state index in [2.05, 4.69) is 23.1 Å². The van der Waals surface area contributed by atoms with Crippen molar-refractivity contribution in [2.45, 2.75) is 18.9 Å². The highest BCUT2D eigenvalue weighted by Gasteiger charge is 2.23. The van der Waals surface area contributed by atoms with Crippen molar-refractivity contribution in [1.82, 2.24) is 9.80 Å². The molecule has 0 amide bonds. The highest BCUT2D eigenvalue weighted by molar-refractivity contribution is 5.88. The summed E-state index contributed by atoms with van der Waals surface area (Å²) in [5, 5.41) is 11.2. The Hall–Kier alpha value is -1.82. The first-order chi connectivity index (χ1) is 12.1. The van der Waals surface area contributed by atoms with Crippen molar-refractivity contribution >= 4 is 29.1 Å². The van der Waals surface area contributed by atoms with Crippen molar-refractivity contribution in [3.05, 3.63) is 42.5 Å². The Balaban J connectivity index is 0.00000243. The third-order valence-electron chi connectivity index (χ3n) is 4.98. The molecular weight excluding hydrogens is 352 g/mol. The van der Waals surface area contributed by atoms with Crippen LogP contribution in [0.5, 0.6) is 5.75 Å². The van der Waals surface area contributed by atoms with Crippen molar-refractivity contribution < 1.29 is 14.6 Å². The fraction of sp³-hybridized carbons (Fsp3) is 0.450. The smallest absolute Gasteiger partial charge is 0.317 e. The maximum atomic E-state index is 10.8. The van der Waals surface area contributed by atoms with E-state index in [1.807, 2.05) is 36.2 Å². The molecule has 1 aliphatic rings. The minimum Gasteiger partial charge on any atom is -0.492 e. The summed E-state index contributed by atoms with van der Waals surface area (Å²) < 4.78 is 6.02. The molecule has 0 unspecified atom stereocenters. The second-order valence-electron chi connectivity index (χ2n) is 6.71. The van der Waals surface area contributed by atoms with Crippen molar-refractivity contribution in [2.24, 2.45) is 0 Å². The Bertz CT molecular complexity index is 712. The number of hydrogen-bond acceptors (Lipinski definition) is 4. The zero-order valence-corrected chi connectivity index (χ0v) is 16.0. The van der Waals surface area contributed by atoms with Gasteiger partial charge in [0.25, 0.3) is 0 Å². The molecule has 142 valence electrons. The Morgan fingerprint density at radius 2 is 1.88 bits per heavy atom. The zero-order valence-electron chi connectivity index (χ0n) is 15.1. The molecule has 0 radical (unpaired) electrons. The molecule has 26 heavy (non-hydrogen) atoms. The molecule has 1 aliphatic heterocycles. The van der Waals surface area contributed by atoms with E-state index in [1.54, 1.807) is 0 Å². The van der Waals surface area contributed by atoms with Crippen LogP contribution in [0.4, 0.5) is 0 Å². The molecule has 1 heterocycles. The van der Waals surface area contributed by atoms with Gasteiger partial charge in [-0.3, -0.25) is 14.6 Å². The van der Waals surface area contributed by atoms with Crippen molar-refractivity contribution in [3.63, 3.8) is 0 Å². The van der Waals surface area contributed by atoms with Crippen LogP contribution >= 0.6 is 12.4 Å². The van der Waals surface area contributed by atoms with Gasteiger partial charge >= 0.3 is 5.97 Å². The number of hydrogen-bond donors (Lipinski definition) is 1. The number of likely N-dealkylation sites (N-methyl/N-ethyl adjacent to an activating group) is 1. The summed E-state index contributed by atoms with van der Waals surface area (Å²) in [6, 6.07) is 14.8. The van der Waals surface area contributed by atoms with E-state index in [4.69, 9.17) is 9.84 Å². The van der Waals surface area contributed by atoms with E-state index in [9.17, 15) is 4.79 Å². The van der Waals surface area contributed by atoms with Crippen LogP contribution in [0, 0.1) is 0 Å². The average molecular weight is 379 g/mol. The fourth-order valence-corrected chi connectivity index (χ4v) is 3.53. The standard InChI is InChI=1S/C20H26N2O3.ClH/c1-21(15-20(23)24)17-9-11-22(12-10-17)13-14-25-19-8-4-6-16-5-2-3-7-18(16)19;/h2-8,17H,9-15H2,1H3,(H,23,24);1H. The highest BCUT2D eigenvalue weighted by Crippen LogP contribution is 2.25. The molecule has 6 heteroatoms. The molecule has 1 saturated heterocycles. The summed E-state index contributed by atoms with van der Waals surface area (Å²) in [6.07, 6.45) is 2.02. The molecule has 3 rings (SSSR count). The quantitative estimate of drug-likeness (QED) is 0.802. The maximum absolute atomic E-state index is 10.8. The van der Waals surface area contributed by atoms with Crippen LogP contribution in [0.3, 0.4) is 0 Å². The Morgan fingerprint density at radius 1 is 1.19 bits per heavy atom. The first-order valence-corrected chi connectivity index (χ1v) is 8.88. The number of benzene rings is 2. The van der Waals surface area contributed by atoms with Crippen LogP contribution in [0.15, 0.2) is 42.5 Å². The van der Waals surface area contributed by atoms with E-state index < -0.39 is 5.97 Å². The third-order valence-corrected chi connectivity index (χ3v) is 4.98. The minimum atomic E-state index is -0.756. The van der Waals surface area contributed by atoms with E-state index in [-0.39, 0.29) is 19.0 Å². The highest BCUT2D eigenvalue weighted by atomic mass is 35.5. The predicted molar refractivity (Wildman–Crippen MR) is 106 cm³/mol. The van der Waals surface area contributed by atoms with Gasteiger partial charge in [0.15, 0.2) is 0 Å². The van der Waals surface area contributed by atoms with Gasteiger partial charge in [-0.25, -0.2) is 0 Å². The van der Waals surface area contributed by atoms with Crippen LogP contribution in [-0.2, 0) is 4.79 Å². The van der Waals surface area contributed by atoms with Crippen molar-refractivity contribution in [3.8, 4) is 5.75 Å². The van der Waals surface area contributed by atoms with Gasteiger partial charge in [0.1, 0.15) is 12.4 Å². The summed E-state index contributed by atoms with van der Waals surface area (Å²) in [4.78, 5) is 15.2. The maximum Gasteiger partial charge on any atom is 0.317 e. The number of carboxylic acid groups (broad SMARTS) is 1. The van der Waals surface area contributed by atoms with Crippen LogP contribution < -0.4 is 4.74 Å². The number of rotatable bonds is 7. The van der Waals surface area contributed by atoms with E-state index in [1.165, 1.54) is 5.39 Å². The molecule has 0 spiro atoms. The molecule has 1 N–H and O–H groups in total. The van der Waals surface area contributed by atoms with Gasteiger partial charge in [-0.15, -0.1) is 12.4 Å². The van der Waals surface area contributed by atoms with Crippen LogP contribution in [-0.4, -0.2) is 66.8 Å². The van der Waals surface area contributed by atoms with Gasteiger partial charge < -0.3 is 9.84 Å². The summed E-state index contributed by atoms with van der Waals surface area (Å²) in [6.45, 7) is 3.68. The summed E-state index contributed by atoms with van der Waals surface area (Å²) >= 11 is 0. The summed E-state index contributed by atoms with van der Waals surface area (Å²) in [7, 11) is 1.90. The lowest BCUT2D eigenvalue weighted by Gasteiger charge is -2.36. The Kier molecular flexibility index (Phi) is 7.69. The van der Waals surface area contributed by atoms with Gasteiger partial charge in [-0.1, -0.05) is 36.4 Å². The average Bonchev–Trinajstić information content (AvgIpc) is 2.62. The lowest BCUT2D eigenvalue weighted by Crippen LogP contribution is -2.45. The first-order valence-electron chi connectivity index (χ1n) is 8.88. The molecule has 1 fully saturated rings. The number of piperidine rings is 1. The van der Waals surface area contributed by atoms with Crippen LogP contribution in [0.25, 0.3) is 10.8 Å². The van der Waals surface area contributed by atoms with E-state index in [0.29, 0.717) is 12.6 Å². The molecule has 0 atom stereocenters. The Labute approximate surface area is 160 Å². The van der Waals surface area contributed by atoms with Gasteiger partial charge in [-0.05, 0) is 44.4 Å². The molecule has 0 bridgehead atoms. The normalized spacial score (nSPS) is 15.8. The van der Waals surface area contributed by atoms with Crippen molar-refractivity contribution in [1.29, 1.82) is 0 Å². The SMILES string of the molecule is CN(CC(=O)O)C1CCN(CCOc2cccc3ccccc23)CC1.Cl.